The second-order valence-electron chi connectivity index (χ2n) is 6.70. The predicted octanol–water partition coefficient (Wildman–Crippen LogP) is 5.14. The lowest BCUT2D eigenvalue weighted by molar-refractivity contribution is 0.425. The summed E-state index contributed by atoms with van der Waals surface area (Å²) >= 11 is 3.23. The van der Waals surface area contributed by atoms with Crippen LogP contribution in [0.3, 0.4) is 0 Å². The maximum absolute atomic E-state index is 12.9. The van der Waals surface area contributed by atoms with Crippen LogP contribution in [0.25, 0.3) is 11.1 Å². The van der Waals surface area contributed by atoms with Gasteiger partial charge < -0.3 is 20.3 Å². The minimum absolute atomic E-state index is 0.0658. The van der Waals surface area contributed by atoms with Crippen LogP contribution in [0.5, 0.6) is 11.5 Å². The molecule has 0 aliphatic heterocycles. The van der Waals surface area contributed by atoms with Crippen LogP contribution in [0.4, 0.5) is 17.6 Å². The number of aromatic hydroxyl groups is 2. The second-order valence-corrected chi connectivity index (χ2v) is 7.62. The van der Waals surface area contributed by atoms with Gasteiger partial charge in [-0.15, -0.1) is 0 Å². The molecule has 0 fully saturated rings. The van der Waals surface area contributed by atoms with Gasteiger partial charge in [0.2, 0.25) is 0 Å². The molecule has 176 valence electrons. The molecule has 0 bridgehead atoms. The fourth-order valence-electron chi connectivity index (χ4n) is 2.44. The molecule has 0 aliphatic rings. The monoisotopic (exact) mass is 536 g/mol. The summed E-state index contributed by atoms with van der Waals surface area (Å²) in [7, 11) is -1.76. The van der Waals surface area contributed by atoms with Crippen molar-refractivity contribution in [3.63, 3.8) is 0 Å². The smallest absolute Gasteiger partial charge is 0.488 e. The van der Waals surface area contributed by atoms with Crippen molar-refractivity contribution >= 4 is 28.5 Å². The van der Waals surface area contributed by atoms with Gasteiger partial charge in [0, 0.05) is 4.47 Å². The Kier molecular flexibility index (Phi) is 10.1. The van der Waals surface area contributed by atoms with Crippen molar-refractivity contribution in [2.75, 3.05) is 0 Å². The molecule has 4 N–H and O–H groups in total. The summed E-state index contributed by atoms with van der Waals surface area (Å²) in [5.41, 5.74) is 1.24. The lowest BCUT2D eigenvalue weighted by atomic mass is 9.80. The highest BCUT2D eigenvalue weighted by Crippen LogP contribution is 2.23. The zero-order chi connectivity index (χ0) is 25.3. The van der Waals surface area contributed by atoms with Gasteiger partial charge in [0.25, 0.3) is 0 Å². The normalized spacial score (nSPS) is 9.85. The number of hydrogen-bond donors (Lipinski definition) is 4. The molecule has 0 saturated heterocycles. The highest BCUT2D eigenvalue weighted by atomic mass is 79.9. The quantitative estimate of drug-likeness (QED) is 0.211. The van der Waals surface area contributed by atoms with E-state index in [1.165, 1.54) is 18.2 Å². The zero-order valence-electron chi connectivity index (χ0n) is 17.3. The van der Waals surface area contributed by atoms with Crippen molar-refractivity contribution in [3.05, 3.63) is 113 Å². The van der Waals surface area contributed by atoms with Gasteiger partial charge in [0.1, 0.15) is 11.5 Å². The first-order chi connectivity index (χ1) is 16.1. The van der Waals surface area contributed by atoms with Gasteiger partial charge in [-0.2, -0.15) is 0 Å². The average Bonchev–Trinajstić information content (AvgIpc) is 2.81. The Morgan fingerprint density at radius 3 is 1.41 bits per heavy atom. The molecule has 34 heavy (non-hydrogen) atoms. The van der Waals surface area contributed by atoms with E-state index in [0.717, 1.165) is 40.4 Å². The Morgan fingerprint density at radius 2 is 0.971 bits per heavy atom. The van der Waals surface area contributed by atoms with Crippen LogP contribution in [-0.4, -0.2) is 27.4 Å². The Balaban J connectivity index is 0.000000190. The minimum Gasteiger partial charge on any atom is -0.508 e. The van der Waals surface area contributed by atoms with Crippen LogP contribution in [0.15, 0.2) is 89.4 Å². The summed E-state index contributed by atoms with van der Waals surface area (Å²) in [5.74, 6) is -3.39. The molecule has 0 aliphatic carbocycles. The van der Waals surface area contributed by atoms with E-state index in [-0.39, 0.29) is 11.2 Å². The van der Waals surface area contributed by atoms with Gasteiger partial charge in [-0.3, -0.25) is 0 Å². The molecule has 0 atom stereocenters. The molecule has 0 saturated carbocycles. The van der Waals surface area contributed by atoms with Gasteiger partial charge in [-0.25, -0.2) is 17.6 Å². The Labute approximate surface area is 201 Å². The molecule has 4 aromatic carbocycles. The van der Waals surface area contributed by atoms with E-state index < -0.39 is 30.4 Å². The highest BCUT2D eigenvalue weighted by molar-refractivity contribution is 9.10. The van der Waals surface area contributed by atoms with E-state index in [2.05, 4.69) is 15.9 Å². The highest BCUT2D eigenvalue weighted by Gasteiger charge is 2.12. The Morgan fingerprint density at radius 1 is 0.529 bits per heavy atom. The third-order valence-electron chi connectivity index (χ3n) is 4.19. The van der Waals surface area contributed by atoms with E-state index in [9.17, 15) is 17.6 Å². The predicted molar refractivity (Wildman–Crippen MR) is 125 cm³/mol. The number of benzene rings is 4. The maximum Gasteiger partial charge on any atom is 0.488 e. The third-order valence-corrected chi connectivity index (χ3v) is 4.72. The largest absolute Gasteiger partial charge is 0.508 e. The lowest BCUT2D eigenvalue weighted by Gasteiger charge is -2.02. The molecule has 4 nitrogen and oxygen atoms in total. The summed E-state index contributed by atoms with van der Waals surface area (Å²) in [6, 6.07) is 19.5. The lowest BCUT2D eigenvalue weighted by Crippen LogP contribution is -2.30. The van der Waals surface area contributed by atoms with Crippen LogP contribution in [0, 0.1) is 23.3 Å². The molecule has 0 radical (unpaired) electrons. The average molecular weight is 537 g/mol. The van der Waals surface area contributed by atoms with Crippen LogP contribution in [0.1, 0.15) is 0 Å². The number of phenols is 2. The SMILES string of the molecule is OB(O)c1ccc(F)c(F)c1.Oc1ccc(-c2ccc(F)c(F)c2)cc1.Oc1ccc(Br)cc1. The summed E-state index contributed by atoms with van der Waals surface area (Å²) in [6.45, 7) is 0. The first-order valence-corrected chi connectivity index (χ1v) is 10.4. The summed E-state index contributed by atoms with van der Waals surface area (Å²) < 4.78 is 51.1. The number of hydrogen-bond acceptors (Lipinski definition) is 4. The molecule has 10 heteroatoms. The topological polar surface area (TPSA) is 80.9 Å². The van der Waals surface area contributed by atoms with E-state index in [4.69, 9.17) is 20.3 Å². The molecule has 4 rings (SSSR count). The van der Waals surface area contributed by atoms with Gasteiger partial charge in [-0.05, 0) is 77.3 Å². The summed E-state index contributed by atoms with van der Waals surface area (Å²) in [4.78, 5) is 0. The fraction of sp³-hybridized carbons (Fsp3) is 0. The van der Waals surface area contributed by atoms with Crippen molar-refractivity contribution in [1.29, 1.82) is 0 Å². The van der Waals surface area contributed by atoms with Crippen LogP contribution >= 0.6 is 15.9 Å². The van der Waals surface area contributed by atoms with Crippen LogP contribution in [-0.2, 0) is 0 Å². The van der Waals surface area contributed by atoms with Crippen molar-refractivity contribution in [3.8, 4) is 22.6 Å². The Hall–Kier alpha value is -3.34. The standard InChI is InChI=1S/C12H8F2O.C6H5BF2O2.C6H5BrO/c13-11-6-3-9(7-12(11)14)8-1-4-10(15)5-2-8;8-5-2-1-4(7(10)11)3-6(5)9;7-5-1-3-6(8)4-2-5/h1-7,15H;1-3,10-11H;1-4,8H. The van der Waals surface area contributed by atoms with Crippen LogP contribution in [0.2, 0.25) is 0 Å². The van der Waals surface area contributed by atoms with Crippen molar-refractivity contribution in [2.45, 2.75) is 0 Å². The second kappa shape index (κ2) is 12.8. The van der Waals surface area contributed by atoms with E-state index in [0.29, 0.717) is 11.3 Å². The van der Waals surface area contributed by atoms with E-state index in [1.54, 1.807) is 36.4 Å². The molecule has 0 unspecified atom stereocenters. The van der Waals surface area contributed by atoms with Crippen molar-refractivity contribution in [1.82, 2.24) is 0 Å². The van der Waals surface area contributed by atoms with Gasteiger partial charge >= 0.3 is 7.12 Å². The van der Waals surface area contributed by atoms with Crippen molar-refractivity contribution < 1.29 is 37.8 Å². The van der Waals surface area contributed by atoms with Gasteiger partial charge in [-0.1, -0.05) is 40.2 Å². The Bertz CT molecular complexity index is 1190. The number of phenolic OH excluding ortho intramolecular Hbond substituents is 2. The number of halogens is 5. The maximum atomic E-state index is 12.9. The third kappa shape index (κ3) is 8.55. The summed E-state index contributed by atoms with van der Waals surface area (Å²) in [6.07, 6.45) is 0. The zero-order valence-corrected chi connectivity index (χ0v) is 18.9. The molecule has 0 aromatic heterocycles. The van der Waals surface area contributed by atoms with E-state index in [1.807, 2.05) is 0 Å². The molecule has 0 heterocycles. The van der Waals surface area contributed by atoms with Gasteiger partial charge in [0.05, 0.1) is 0 Å². The molecular formula is C24H18BBrF4O4. The first-order valence-electron chi connectivity index (χ1n) is 9.57. The van der Waals surface area contributed by atoms with Crippen LogP contribution < -0.4 is 5.46 Å². The fourth-order valence-corrected chi connectivity index (χ4v) is 2.71. The molecular weight excluding hydrogens is 519 g/mol. The van der Waals surface area contributed by atoms with Crippen molar-refractivity contribution in [2.24, 2.45) is 0 Å². The molecule has 0 amide bonds. The molecule has 0 spiro atoms. The summed E-state index contributed by atoms with van der Waals surface area (Å²) in [5, 5.41) is 34.8. The van der Waals surface area contributed by atoms with Gasteiger partial charge in [0.15, 0.2) is 23.3 Å². The minimum atomic E-state index is -1.76. The molecule has 4 aromatic rings. The van der Waals surface area contributed by atoms with E-state index >= 15 is 0 Å². The number of rotatable bonds is 2. The first kappa shape index (κ1) is 26.9.